The van der Waals surface area contributed by atoms with E-state index in [1.54, 1.807) is 6.07 Å². The van der Waals surface area contributed by atoms with Crippen LogP contribution >= 0.6 is 0 Å². The molecule has 0 aliphatic rings. The third-order valence-electron chi connectivity index (χ3n) is 2.18. The minimum absolute atomic E-state index is 0.236. The number of hydrogen-bond acceptors (Lipinski definition) is 5. The summed E-state index contributed by atoms with van der Waals surface area (Å²) in [6, 6.07) is 4.56. The van der Waals surface area contributed by atoms with E-state index in [-0.39, 0.29) is 13.2 Å². The van der Waals surface area contributed by atoms with E-state index in [4.69, 9.17) is 15.0 Å². The fraction of sp³-hybridized carbons (Fsp3) is 0.333. The van der Waals surface area contributed by atoms with Gasteiger partial charge < -0.3 is 9.47 Å². The van der Waals surface area contributed by atoms with Crippen LogP contribution in [0.2, 0.25) is 0 Å². The van der Waals surface area contributed by atoms with Crippen LogP contribution in [0.15, 0.2) is 23.3 Å². The third kappa shape index (κ3) is 5.20. The van der Waals surface area contributed by atoms with Crippen molar-refractivity contribution in [3.05, 3.63) is 39.8 Å². The van der Waals surface area contributed by atoms with Crippen molar-refractivity contribution in [3.63, 3.8) is 0 Å². The monoisotopic (exact) mass is 263 g/mol. The first-order valence-electron chi connectivity index (χ1n) is 5.57. The van der Waals surface area contributed by atoms with E-state index in [0.29, 0.717) is 42.7 Å². The third-order valence-corrected chi connectivity index (χ3v) is 2.18. The van der Waals surface area contributed by atoms with Crippen LogP contribution in [0.5, 0.6) is 5.75 Å². The van der Waals surface area contributed by atoms with E-state index in [1.807, 2.05) is 0 Å². The van der Waals surface area contributed by atoms with Crippen molar-refractivity contribution in [2.45, 2.75) is 0 Å². The highest BCUT2D eigenvalue weighted by Crippen LogP contribution is 2.18. The maximum atomic E-state index is 10.8. The zero-order valence-electron chi connectivity index (χ0n) is 10.2. The molecule has 0 aliphatic heterocycles. The molecule has 1 rings (SSSR count). The molecule has 0 unspecified atom stereocenters. The predicted molar refractivity (Wildman–Crippen MR) is 67.5 cm³/mol. The van der Waals surface area contributed by atoms with Crippen molar-refractivity contribution in [1.29, 1.82) is 0 Å². The van der Waals surface area contributed by atoms with E-state index in [0.717, 1.165) is 0 Å². The molecule has 0 saturated carbocycles. The zero-order chi connectivity index (χ0) is 13.9. The van der Waals surface area contributed by atoms with Crippen molar-refractivity contribution >= 4 is 12.6 Å². The van der Waals surface area contributed by atoms with Crippen molar-refractivity contribution in [3.8, 4) is 5.75 Å². The summed E-state index contributed by atoms with van der Waals surface area (Å²) in [4.78, 5) is 24.0. The van der Waals surface area contributed by atoms with E-state index in [1.165, 1.54) is 12.1 Å². The molecule has 0 heterocycles. The Morgan fingerprint density at radius 2 is 2.05 bits per heavy atom. The molecule has 0 radical (unpaired) electrons. The van der Waals surface area contributed by atoms with Gasteiger partial charge in [-0.05, 0) is 17.7 Å². The normalized spacial score (nSPS) is 9.47. The predicted octanol–water partition coefficient (Wildman–Crippen LogP) is 2.02. The SMILES string of the molecule is [N-]=[N+]=NCCOCCOc1cc(C=O)ccc1C=O. The first-order valence-corrected chi connectivity index (χ1v) is 5.57. The topological polar surface area (TPSA) is 101 Å². The number of carbonyl (C=O) groups is 2. The van der Waals surface area contributed by atoms with E-state index >= 15 is 0 Å². The minimum Gasteiger partial charge on any atom is -0.490 e. The van der Waals surface area contributed by atoms with Crippen LogP contribution < -0.4 is 4.74 Å². The fourth-order valence-electron chi connectivity index (χ4n) is 1.31. The first-order chi connectivity index (χ1) is 9.31. The van der Waals surface area contributed by atoms with Crippen LogP contribution in [0, 0.1) is 0 Å². The van der Waals surface area contributed by atoms with Crippen LogP contribution in [-0.2, 0) is 4.74 Å². The fourth-order valence-corrected chi connectivity index (χ4v) is 1.31. The Kier molecular flexibility index (Phi) is 6.71. The van der Waals surface area contributed by atoms with Crippen LogP contribution in [0.1, 0.15) is 20.7 Å². The summed E-state index contributed by atoms with van der Waals surface area (Å²) in [5.41, 5.74) is 8.85. The number of ether oxygens (including phenoxy) is 2. The van der Waals surface area contributed by atoms with Crippen LogP contribution in [0.4, 0.5) is 0 Å². The molecule has 0 N–H and O–H groups in total. The van der Waals surface area contributed by atoms with Gasteiger partial charge in [-0.1, -0.05) is 11.2 Å². The molecule has 0 amide bonds. The van der Waals surface area contributed by atoms with Crippen molar-refractivity contribution in [1.82, 2.24) is 0 Å². The zero-order valence-corrected chi connectivity index (χ0v) is 10.2. The van der Waals surface area contributed by atoms with Gasteiger partial charge in [-0.3, -0.25) is 9.59 Å². The van der Waals surface area contributed by atoms with Gasteiger partial charge in [0.1, 0.15) is 18.6 Å². The lowest BCUT2D eigenvalue weighted by atomic mass is 10.1. The number of carbonyl (C=O) groups excluding carboxylic acids is 2. The van der Waals surface area contributed by atoms with Gasteiger partial charge in [0.2, 0.25) is 0 Å². The molecule has 0 aromatic heterocycles. The van der Waals surface area contributed by atoms with Gasteiger partial charge in [-0.25, -0.2) is 0 Å². The second-order valence-electron chi connectivity index (χ2n) is 3.45. The smallest absolute Gasteiger partial charge is 0.153 e. The average molecular weight is 263 g/mol. The molecule has 7 nitrogen and oxygen atoms in total. The minimum atomic E-state index is 0.236. The molecule has 0 saturated heterocycles. The van der Waals surface area contributed by atoms with Gasteiger partial charge in [-0.2, -0.15) is 0 Å². The molecular formula is C12H13N3O4. The lowest BCUT2D eigenvalue weighted by molar-refractivity contribution is 0.103. The average Bonchev–Trinajstić information content (AvgIpc) is 2.46. The van der Waals surface area contributed by atoms with E-state index in [9.17, 15) is 9.59 Å². The Balaban J connectivity index is 2.41. The van der Waals surface area contributed by atoms with Crippen LogP contribution in [0.3, 0.4) is 0 Å². The highest BCUT2D eigenvalue weighted by molar-refractivity contribution is 5.83. The summed E-state index contributed by atoms with van der Waals surface area (Å²) in [5, 5.41) is 3.31. The molecule has 0 aliphatic carbocycles. The lowest BCUT2D eigenvalue weighted by Gasteiger charge is -2.09. The van der Waals surface area contributed by atoms with Gasteiger partial charge in [0.25, 0.3) is 0 Å². The molecule has 1 aromatic carbocycles. The standard InChI is InChI=1S/C12H13N3O4/c13-15-14-3-4-18-5-6-19-12-7-10(8-16)1-2-11(12)9-17/h1-2,7-9H,3-6H2. The Morgan fingerprint density at radius 3 is 2.74 bits per heavy atom. The highest BCUT2D eigenvalue weighted by atomic mass is 16.5. The Morgan fingerprint density at radius 1 is 1.21 bits per heavy atom. The van der Waals surface area contributed by atoms with Crippen LogP contribution in [0.25, 0.3) is 10.4 Å². The summed E-state index contributed by atoms with van der Waals surface area (Å²) in [5.74, 6) is 0.346. The summed E-state index contributed by atoms with van der Waals surface area (Å²) >= 11 is 0. The Hall–Kier alpha value is -2.37. The molecule has 19 heavy (non-hydrogen) atoms. The number of aldehydes is 2. The number of hydrogen-bond donors (Lipinski definition) is 0. The number of nitrogens with zero attached hydrogens (tertiary/aromatic N) is 3. The number of rotatable bonds is 9. The highest BCUT2D eigenvalue weighted by Gasteiger charge is 2.04. The van der Waals surface area contributed by atoms with Gasteiger partial charge >= 0.3 is 0 Å². The van der Waals surface area contributed by atoms with Gasteiger partial charge in [0, 0.05) is 17.0 Å². The molecule has 0 bridgehead atoms. The first kappa shape index (κ1) is 14.7. The summed E-state index contributed by atoms with van der Waals surface area (Å²) in [7, 11) is 0. The maximum absolute atomic E-state index is 10.8. The second-order valence-corrected chi connectivity index (χ2v) is 3.45. The summed E-state index contributed by atoms with van der Waals surface area (Å²) in [6.45, 7) is 1.10. The summed E-state index contributed by atoms with van der Waals surface area (Å²) in [6.07, 6.45) is 1.34. The molecule has 0 atom stereocenters. The van der Waals surface area contributed by atoms with E-state index < -0.39 is 0 Å². The Bertz CT molecular complexity index is 484. The molecule has 7 heteroatoms. The van der Waals surface area contributed by atoms with Gasteiger partial charge in [0.05, 0.1) is 18.8 Å². The van der Waals surface area contributed by atoms with E-state index in [2.05, 4.69) is 10.0 Å². The lowest BCUT2D eigenvalue weighted by Crippen LogP contribution is -2.09. The molecule has 1 aromatic rings. The molecule has 100 valence electrons. The quantitative estimate of drug-likeness (QED) is 0.223. The number of benzene rings is 1. The van der Waals surface area contributed by atoms with Gasteiger partial charge in [0.15, 0.2) is 6.29 Å². The summed E-state index contributed by atoms with van der Waals surface area (Å²) < 4.78 is 10.5. The largest absolute Gasteiger partial charge is 0.490 e. The van der Waals surface area contributed by atoms with Crippen molar-refractivity contribution in [2.75, 3.05) is 26.4 Å². The Labute approximate surface area is 109 Å². The van der Waals surface area contributed by atoms with Crippen molar-refractivity contribution < 1.29 is 19.1 Å². The second kappa shape index (κ2) is 8.68. The van der Waals surface area contributed by atoms with Crippen LogP contribution in [-0.4, -0.2) is 38.9 Å². The molecule has 0 spiro atoms. The molecular weight excluding hydrogens is 250 g/mol. The maximum Gasteiger partial charge on any atom is 0.153 e. The van der Waals surface area contributed by atoms with Gasteiger partial charge in [-0.15, -0.1) is 0 Å². The van der Waals surface area contributed by atoms with Crippen molar-refractivity contribution in [2.24, 2.45) is 5.11 Å². The molecule has 0 fully saturated rings. The number of azide groups is 1.